The summed E-state index contributed by atoms with van der Waals surface area (Å²) in [6, 6.07) is 8.32. The van der Waals surface area contributed by atoms with Crippen molar-refractivity contribution >= 4 is 34.7 Å². The van der Waals surface area contributed by atoms with Crippen molar-refractivity contribution in [3.8, 4) is 0 Å². The molecule has 1 aromatic heterocycles. The van der Waals surface area contributed by atoms with E-state index in [0.29, 0.717) is 17.1 Å². The molecule has 6 heteroatoms. The normalized spacial score (nSPS) is 10.4. The number of amides is 1. The number of anilines is 1. The SMILES string of the molecule is Nc1cc(F)cc(SCC(=O)NCCc2cccs2)c1. The maximum absolute atomic E-state index is 13.1. The molecule has 106 valence electrons. The Morgan fingerprint density at radius 2 is 2.25 bits per heavy atom. The van der Waals surface area contributed by atoms with Crippen LogP contribution in [0.2, 0.25) is 0 Å². The molecule has 1 aromatic carbocycles. The summed E-state index contributed by atoms with van der Waals surface area (Å²) in [5.74, 6) is -0.187. The van der Waals surface area contributed by atoms with E-state index in [1.165, 1.54) is 28.8 Å². The lowest BCUT2D eigenvalue weighted by Crippen LogP contribution is -2.27. The number of nitrogens with two attached hydrogens (primary N) is 1. The number of carbonyl (C=O) groups excluding carboxylic acids is 1. The second kappa shape index (κ2) is 7.31. The summed E-state index contributed by atoms with van der Waals surface area (Å²) in [6.45, 7) is 0.616. The Balaban J connectivity index is 1.72. The van der Waals surface area contributed by atoms with Crippen molar-refractivity contribution in [3.63, 3.8) is 0 Å². The lowest BCUT2D eigenvalue weighted by Gasteiger charge is -2.05. The third-order valence-electron chi connectivity index (χ3n) is 2.54. The van der Waals surface area contributed by atoms with Gasteiger partial charge in [-0.25, -0.2) is 4.39 Å². The summed E-state index contributed by atoms with van der Waals surface area (Å²) in [6.07, 6.45) is 0.834. The molecule has 2 rings (SSSR count). The van der Waals surface area contributed by atoms with Crippen LogP contribution in [0.25, 0.3) is 0 Å². The average Bonchev–Trinajstić information content (AvgIpc) is 2.88. The molecule has 0 fully saturated rings. The predicted octanol–water partition coefficient (Wildman–Crippen LogP) is 2.92. The Labute approximate surface area is 125 Å². The summed E-state index contributed by atoms with van der Waals surface area (Å²) in [5.41, 5.74) is 5.91. The van der Waals surface area contributed by atoms with Gasteiger partial charge in [0, 0.05) is 22.0 Å². The molecule has 0 spiro atoms. The Hall–Kier alpha value is -1.53. The summed E-state index contributed by atoms with van der Waals surface area (Å²) in [7, 11) is 0. The highest BCUT2D eigenvalue weighted by Crippen LogP contribution is 2.21. The second-order valence-electron chi connectivity index (χ2n) is 4.19. The Morgan fingerprint density at radius 3 is 2.95 bits per heavy atom. The number of benzene rings is 1. The molecule has 20 heavy (non-hydrogen) atoms. The van der Waals surface area contributed by atoms with Crippen LogP contribution in [0.5, 0.6) is 0 Å². The minimum absolute atomic E-state index is 0.0608. The number of rotatable bonds is 6. The van der Waals surface area contributed by atoms with Gasteiger partial charge in [-0.3, -0.25) is 4.79 Å². The first-order valence-corrected chi connectivity index (χ1v) is 7.98. The van der Waals surface area contributed by atoms with E-state index < -0.39 is 0 Å². The van der Waals surface area contributed by atoms with Crippen LogP contribution in [0.15, 0.2) is 40.6 Å². The number of hydrogen-bond donors (Lipinski definition) is 2. The number of nitrogens with one attached hydrogen (secondary N) is 1. The molecule has 0 aliphatic rings. The van der Waals surface area contributed by atoms with Gasteiger partial charge >= 0.3 is 0 Å². The molecule has 3 nitrogen and oxygen atoms in total. The van der Waals surface area contributed by atoms with Crippen LogP contribution in [0.4, 0.5) is 10.1 Å². The highest BCUT2D eigenvalue weighted by Gasteiger charge is 2.05. The zero-order valence-corrected chi connectivity index (χ0v) is 12.4. The van der Waals surface area contributed by atoms with Gasteiger partial charge in [-0.05, 0) is 36.1 Å². The smallest absolute Gasteiger partial charge is 0.230 e. The van der Waals surface area contributed by atoms with Gasteiger partial charge in [0.05, 0.1) is 5.75 Å². The molecule has 0 radical (unpaired) electrons. The Bertz CT molecular complexity index is 552. The number of carbonyl (C=O) groups is 1. The first kappa shape index (κ1) is 14.9. The third-order valence-corrected chi connectivity index (χ3v) is 4.45. The van der Waals surface area contributed by atoms with E-state index in [4.69, 9.17) is 5.73 Å². The number of thioether (sulfide) groups is 1. The van der Waals surface area contributed by atoms with Gasteiger partial charge in [0.25, 0.3) is 0 Å². The highest BCUT2D eigenvalue weighted by atomic mass is 32.2. The fourth-order valence-corrected chi connectivity index (χ4v) is 3.17. The Kier molecular flexibility index (Phi) is 5.43. The fraction of sp³-hybridized carbons (Fsp3) is 0.214. The number of nitrogen functional groups attached to an aromatic ring is 1. The molecule has 0 aliphatic carbocycles. The molecule has 0 bridgehead atoms. The maximum atomic E-state index is 13.1. The zero-order valence-electron chi connectivity index (χ0n) is 10.8. The van der Waals surface area contributed by atoms with Crippen molar-refractivity contribution in [2.75, 3.05) is 18.0 Å². The number of halogens is 1. The van der Waals surface area contributed by atoms with Gasteiger partial charge in [-0.2, -0.15) is 0 Å². The fourth-order valence-electron chi connectivity index (χ4n) is 1.65. The van der Waals surface area contributed by atoms with Crippen molar-refractivity contribution in [2.24, 2.45) is 0 Å². The van der Waals surface area contributed by atoms with Crippen LogP contribution in [-0.2, 0) is 11.2 Å². The third kappa shape index (κ3) is 4.86. The largest absolute Gasteiger partial charge is 0.399 e. The van der Waals surface area contributed by atoms with Gasteiger partial charge in [0.2, 0.25) is 5.91 Å². The van der Waals surface area contributed by atoms with Gasteiger partial charge in [-0.1, -0.05) is 6.07 Å². The van der Waals surface area contributed by atoms with Crippen molar-refractivity contribution in [1.82, 2.24) is 5.32 Å². The lowest BCUT2D eigenvalue weighted by molar-refractivity contribution is -0.118. The average molecular weight is 310 g/mol. The van der Waals surface area contributed by atoms with E-state index >= 15 is 0 Å². The van der Waals surface area contributed by atoms with Crippen molar-refractivity contribution in [1.29, 1.82) is 0 Å². The quantitative estimate of drug-likeness (QED) is 0.637. The maximum Gasteiger partial charge on any atom is 0.230 e. The van der Waals surface area contributed by atoms with Gasteiger partial charge in [0.15, 0.2) is 0 Å². The summed E-state index contributed by atoms with van der Waals surface area (Å²) in [5, 5.41) is 4.86. The van der Waals surface area contributed by atoms with Gasteiger partial charge in [-0.15, -0.1) is 23.1 Å². The molecule has 0 unspecified atom stereocenters. The second-order valence-corrected chi connectivity index (χ2v) is 6.27. The molecule has 0 aliphatic heterocycles. The monoisotopic (exact) mass is 310 g/mol. The Morgan fingerprint density at radius 1 is 1.40 bits per heavy atom. The van der Waals surface area contributed by atoms with Gasteiger partial charge < -0.3 is 11.1 Å². The molecule has 2 aromatic rings. The van der Waals surface area contributed by atoms with E-state index in [0.717, 1.165) is 6.42 Å². The van der Waals surface area contributed by atoms with E-state index in [9.17, 15) is 9.18 Å². The molecule has 0 saturated carbocycles. The van der Waals surface area contributed by atoms with Crippen LogP contribution in [0.1, 0.15) is 4.88 Å². The van der Waals surface area contributed by atoms with Gasteiger partial charge in [0.1, 0.15) is 5.82 Å². The van der Waals surface area contributed by atoms with Crippen molar-refractivity contribution in [3.05, 3.63) is 46.4 Å². The molecular weight excluding hydrogens is 295 g/mol. The summed E-state index contributed by atoms with van der Waals surface area (Å²) in [4.78, 5) is 13.6. The van der Waals surface area contributed by atoms with Crippen molar-refractivity contribution in [2.45, 2.75) is 11.3 Å². The van der Waals surface area contributed by atoms with Crippen LogP contribution in [-0.4, -0.2) is 18.2 Å². The van der Waals surface area contributed by atoms with Crippen LogP contribution < -0.4 is 11.1 Å². The van der Waals surface area contributed by atoms with Crippen LogP contribution >= 0.6 is 23.1 Å². The minimum Gasteiger partial charge on any atom is -0.399 e. The first-order valence-electron chi connectivity index (χ1n) is 6.11. The minimum atomic E-state index is -0.384. The first-order chi connectivity index (χ1) is 9.63. The van der Waals surface area contributed by atoms with Crippen molar-refractivity contribution < 1.29 is 9.18 Å². The number of hydrogen-bond acceptors (Lipinski definition) is 4. The topological polar surface area (TPSA) is 55.1 Å². The molecule has 0 atom stereocenters. The molecule has 1 amide bonds. The molecule has 0 saturated heterocycles. The van der Waals surface area contributed by atoms with Crippen LogP contribution in [0, 0.1) is 5.82 Å². The van der Waals surface area contributed by atoms with E-state index in [1.54, 1.807) is 17.4 Å². The predicted molar refractivity (Wildman–Crippen MR) is 82.6 cm³/mol. The van der Waals surface area contributed by atoms with E-state index in [-0.39, 0.29) is 17.5 Å². The number of thiophene rings is 1. The highest BCUT2D eigenvalue weighted by molar-refractivity contribution is 8.00. The van der Waals surface area contributed by atoms with Crippen LogP contribution in [0.3, 0.4) is 0 Å². The molecule has 3 N–H and O–H groups in total. The standard InChI is InChI=1S/C14H15FN2OS2/c15-10-6-11(16)8-13(7-10)20-9-14(18)17-4-3-12-2-1-5-19-12/h1-2,5-8H,3-4,9,16H2,(H,17,18). The lowest BCUT2D eigenvalue weighted by atomic mass is 10.3. The van der Waals surface area contributed by atoms with E-state index in [1.807, 2.05) is 17.5 Å². The van der Waals surface area contributed by atoms with E-state index in [2.05, 4.69) is 5.32 Å². The molecular formula is C14H15FN2OS2. The summed E-state index contributed by atoms with van der Waals surface area (Å²) < 4.78 is 13.1. The molecule has 1 heterocycles. The summed E-state index contributed by atoms with van der Waals surface area (Å²) >= 11 is 2.95. The zero-order chi connectivity index (χ0) is 14.4.